The van der Waals surface area contributed by atoms with Crippen molar-refractivity contribution in [3.8, 4) is 0 Å². The number of fused-ring (bicyclic) bond motifs is 1. The Labute approximate surface area is 138 Å². The number of nitrogens with zero attached hydrogens (tertiary/aromatic N) is 2. The Bertz CT molecular complexity index is 631. The maximum absolute atomic E-state index is 6.29. The normalized spacial score (nSPS) is 28.7. The summed E-state index contributed by atoms with van der Waals surface area (Å²) >= 11 is 0. The second-order valence-electron chi connectivity index (χ2n) is 6.63. The van der Waals surface area contributed by atoms with Crippen molar-refractivity contribution in [3.05, 3.63) is 71.8 Å². The largest absolute Gasteiger partial charge is 0.354 e. The van der Waals surface area contributed by atoms with Crippen molar-refractivity contribution in [1.29, 1.82) is 0 Å². The Hall–Kier alpha value is -1.68. The number of hydrogen-bond acceptors (Lipinski definition) is 3. The number of piperazine rings is 1. The predicted molar refractivity (Wildman–Crippen MR) is 91.9 cm³/mol. The van der Waals surface area contributed by atoms with E-state index in [9.17, 15) is 0 Å². The minimum atomic E-state index is 0.120. The van der Waals surface area contributed by atoms with Gasteiger partial charge < -0.3 is 4.74 Å². The third kappa shape index (κ3) is 3.05. The van der Waals surface area contributed by atoms with Crippen LogP contribution in [0.3, 0.4) is 0 Å². The molecule has 23 heavy (non-hydrogen) atoms. The number of hydrogen-bond donors (Lipinski definition) is 0. The maximum Gasteiger partial charge on any atom is 0.137 e. The topological polar surface area (TPSA) is 15.7 Å². The van der Waals surface area contributed by atoms with Crippen LogP contribution in [-0.4, -0.2) is 41.6 Å². The van der Waals surface area contributed by atoms with Crippen LogP contribution in [0.1, 0.15) is 24.3 Å². The Morgan fingerprint density at radius 1 is 0.957 bits per heavy atom. The molecule has 0 amide bonds. The van der Waals surface area contributed by atoms with Crippen molar-refractivity contribution in [3.63, 3.8) is 0 Å². The van der Waals surface area contributed by atoms with Gasteiger partial charge in [0.15, 0.2) is 0 Å². The number of ether oxygens (including phenoxy) is 1. The zero-order valence-electron chi connectivity index (χ0n) is 13.6. The highest BCUT2D eigenvalue weighted by atomic mass is 16.5. The average Bonchev–Trinajstić information content (AvgIpc) is 2.93. The number of benzene rings is 2. The van der Waals surface area contributed by atoms with Crippen LogP contribution in [0.25, 0.3) is 0 Å². The molecule has 2 saturated heterocycles. The van der Waals surface area contributed by atoms with Gasteiger partial charge >= 0.3 is 0 Å². The van der Waals surface area contributed by atoms with Crippen molar-refractivity contribution in [2.75, 3.05) is 19.6 Å². The fourth-order valence-corrected chi connectivity index (χ4v) is 3.84. The van der Waals surface area contributed by atoms with Crippen LogP contribution in [0, 0.1) is 0 Å². The first-order chi connectivity index (χ1) is 11.3. The molecule has 0 saturated carbocycles. The summed E-state index contributed by atoms with van der Waals surface area (Å²) < 4.78 is 6.29. The summed E-state index contributed by atoms with van der Waals surface area (Å²) in [5, 5.41) is 0. The molecule has 0 radical (unpaired) electrons. The first kappa shape index (κ1) is 14.9. The van der Waals surface area contributed by atoms with E-state index in [1.54, 1.807) is 0 Å². The second kappa shape index (κ2) is 6.44. The molecule has 0 bridgehead atoms. The van der Waals surface area contributed by atoms with Gasteiger partial charge in [0.2, 0.25) is 0 Å². The maximum atomic E-state index is 6.29. The fourth-order valence-electron chi connectivity index (χ4n) is 3.84. The lowest BCUT2D eigenvalue weighted by Gasteiger charge is -2.39. The molecule has 3 heteroatoms. The monoisotopic (exact) mass is 308 g/mol. The molecule has 3 nitrogen and oxygen atoms in total. The molecule has 0 N–H and O–H groups in total. The zero-order valence-corrected chi connectivity index (χ0v) is 13.6. The molecule has 3 atom stereocenters. The molecule has 4 rings (SSSR count). The van der Waals surface area contributed by atoms with Gasteiger partial charge in [0, 0.05) is 26.2 Å². The van der Waals surface area contributed by atoms with Crippen LogP contribution in [-0.2, 0) is 11.3 Å². The van der Waals surface area contributed by atoms with Crippen LogP contribution < -0.4 is 0 Å². The Morgan fingerprint density at radius 3 is 2.39 bits per heavy atom. The molecular weight excluding hydrogens is 284 g/mol. The molecular formula is C20H24N2O. The van der Waals surface area contributed by atoms with E-state index in [4.69, 9.17) is 4.74 Å². The summed E-state index contributed by atoms with van der Waals surface area (Å²) in [6.07, 6.45) is 0.397. The highest BCUT2D eigenvalue weighted by Gasteiger charge is 2.43. The zero-order chi connectivity index (χ0) is 15.6. The van der Waals surface area contributed by atoms with Gasteiger partial charge in [0.25, 0.3) is 0 Å². The first-order valence-corrected chi connectivity index (χ1v) is 8.54. The van der Waals surface area contributed by atoms with E-state index in [0.717, 1.165) is 26.2 Å². The molecule has 0 aliphatic carbocycles. The standard InChI is InChI=1S/C20H24N2O/c1-16-19-15-21(14-17-8-4-2-5-9-17)12-13-22(19)20(23-16)18-10-6-3-7-11-18/h2-11,16,19-20H,12-15H2,1H3/t16-,19-,20-/m1/s1. The van der Waals surface area contributed by atoms with Crippen LogP contribution in [0.4, 0.5) is 0 Å². The highest BCUT2D eigenvalue weighted by Crippen LogP contribution is 2.36. The van der Waals surface area contributed by atoms with E-state index < -0.39 is 0 Å². The van der Waals surface area contributed by atoms with Gasteiger partial charge in [-0.15, -0.1) is 0 Å². The summed E-state index contributed by atoms with van der Waals surface area (Å²) in [6.45, 7) is 6.51. The van der Waals surface area contributed by atoms with Crippen LogP contribution in [0.2, 0.25) is 0 Å². The third-order valence-corrected chi connectivity index (χ3v) is 5.07. The molecule has 0 unspecified atom stereocenters. The molecule has 120 valence electrons. The van der Waals surface area contributed by atoms with Gasteiger partial charge in [0.1, 0.15) is 6.23 Å². The predicted octanol–water partition coefficient (Wildman–Crippen LogP) is 3.29. The van der Waals surface area contributed by atoms with E-state index >= 15 is 0 Å². The van der Waals surface area contributed by atoms with Gasteiger partial charge in [0.05, 0.1) is 12.1 Å². The molecule has 2 aliphatic heterocycles. The molecule has 2 aliphatic rings. The number of rotatable bonds is 3. The SMILES string of the molecule is C[C@H]1O[C@H](c2ccccc2)N2CCN(Cc3ccccc3)C[C@H]12. The smallest absolute Gasteiger partial charge is 0.137 e. The summed E-state index contributed by atoms with van der Waals surface area (Å²) in [5.41, 5.74) is 2.67. The van der Waals surface area contributed by atoms with Crippen molar-refractivity contribution >= 4 is 0 Å². The van der Waals surface area contributed by atoms with E-state index in [1.165, 1.54) is 11.1 Å². The Balaban J connectivity index is 1.46. The summed E-state index contributed by atoms with van der Waals surface area (Å²) in [7, 11) is 0. The lowest BCUT2D eigenvalue weighted by Crippen LogP contribution is -2.52. The van der Waals surface area contributed by atoms with Crippen molar-refractivity contribution in [2.45, 2.75) is 31.8 Å². The van der Waals surface area contributed by atoms with Crippen LogP contribution in [0.15, 0.2) is 60.7 Å². The molecule has 2 heterocycles. The van der Waals surface area contributed by atoms with E-state index in [1.807, 2.05) is 0 Å². The van der Waals surface area contributed by atoms with E-state index in [-0.39, 0.29) is 12.3 Å². The summed E-state index contributed by atoms with van der Waals surface area (Å²) in [5.74, 6) is 0. The average molecular weight is 308 g/mol. The Kier molecular flexibility index (Phi) is 4.17. The molecule has 2 fully saturated rings. The molecule has 2 aromatic carbocycles. The minimum Gasteiger partial charge on any atom is -0.354 e. The van der Waals surface area contributed by atoms with Crippen molar-refractivity contribution in [2.24, 2.45) is 0 Å². The molecule has 0 aromatic heterocycles. The lowest BCUT2D eigenvalue weighted by molar-refractivity contribution is -0.00400. The van der Waals surface area contributed by atoms with Crippen molar-refractivity contribution < 1.29 is 4.74 Å². The summed E-state index contributed by atoms with van der Waals surface area (Å²) in [4.78, 5) is 5.10. The van der Waals surface area contributed by atoms with Gasteiger partial charge in [-0.05, 0) is 18.1 Å². The van der Waals surface area contributed by atoms with Gasteiger partial charge in [-0.2, -0.15) is 0 Å². The fraction of sp³-hybridized carbons (Fsp3) is 0.400. The first-order valence-electron chi connectivity index (χ1n) is 8.54. The Morgan fingerprint density at radius 2 is 1.65 bits per heavy atom. The van der Waals surface area contributed by atoms with Crippen molar-refractivity contribution in [1.82, 2.24) is 9.80 Å². The summed E-state index contributed by atoms with van der Waals surface area (Å²) in [6, 6.07) is 21.9. The minimum absolute atomic E-state index is 0.120. The van der Waals surface area contributed by atoms with Crippen LogP contribution >= 0.6 is 0 Å². The quantitative estimate of drug-likeness (QED) is 0.865. The van der Waals surface area contributed by atoms with Gasteiger partial charge in [-0.3, -0.25) is 9.80 Å². The molecule has 0 spiro atoms. The van der Waals surface area contributed by atoms with Gasteiger partial charge in [-0.1, -0.05) is 60.7 Å². The van der Waals surface area contributed by atoms with E-state index in [0.29, 0.717) is 6.04 Å². The van der Waals surface area contributed by atoms with Crippen LogP contribution in [0.5, 0.6) is 0 Å². The second-order valence-corrected chi connectivity index (χ2v) is 6.63. The van der Waals surface area contributed by atoms with Gasteiger partial charge in [-0.25, -0.2) is 0 Å². The highest BCUT2D eigenvalue weighted by molar-refractivity contribution is 5.19. The third-order valence-electron chi connectivity index (χ3n) is 5.07. The lowest BCUT2D eigenvalue weighted by atomic mass is 10.1. The van der Waals surface area contributed by atoms with E-state index in [2.05, 4.69) is 77.4 Å². The molecule has 2 aromatic rings.